The average Bonchev–Trinajstić information content (AvgIpc) is 2.40. The third kappa shape index (κ3) is 3.99. The van der Waals surface area contributed by atoms with Gasteiger partial charge in [0.15, 0.2) is 0 Å². The van der Waals surface area contributed by atoms with E-state index < -0.39 is 0 Å². The zero-order valence-corrected chi connectivity index (χ0v) is 11.1. The summed E-state index contributed by atoms with van der Waals surface area (Å²) in [6.07, 6.45) is 8.27. The van der Waals surface area contributed by atoms with Crippen molar-refractivity contribution in [2.45, 2.75) is 51.0 Å². The van der Waals surface area contributed by atoms with Gasteiger partial charge in [-0.1, -0.05) is 74.6 Å². The van der Waals surface area contributed by atoms with Crippen molar-refractivity contribution in [2.75, 3.05) is 0 Å². The van der Waals surface area contributed by atoms with E-state index in [2.05, 4.69) is 6.58 Å². The lowest BCUT2D eigenvalue weighted by Gasteiger charge is -2.23. The van der Waals surface area contributed by atoms with E-state index in [-0.39, 0.29) is 6.10 Å². The number of aliphatic hydroxyl groups is 1. The van der Waals surface area contributed by atoms with Gasteiger partial charge in [0, 0.05) is 0 Å². The Morgan fingerprint density at radius 2 is 1.83 bits per heavy atom. The zero-order valence-electron chi connectivity index (χ0n) is 11.1. The molecule has 1 aromatic carbocycles. The van der Waals surface area contributed by atoms with Crippen LogP contribution < -0.4 is 0 Å². The summed E-state index contributed by atoms with van der Waals surface area (Å²) in [5.41, 5.74) is 2.21. The predicted octanol–water partition coefficient (Wildman–Crippen LogP) is 4.64. The highest BCUT2D eigenvalue weighted by Crippen LogP contribution is 2.31. The monoisotopic (exact) mass is 244 g/mol. The quantitative estimate of drug-likeness (QED) is 0.748. The van der Waals surface area contributed by atoms with Gasteiger partial charge in [0.2, 0.25) is 0 Å². The van der Waals surface area contributed by atoms with Crippen molar-refractivity contribution < 1.29 is 5.11 Å². The Kier molecular flexibility index (Phi) is 5.00. The molecule has 0 aliphatic heterocycles. The molecule has 98 valence electrons. The van der Waals surface area contributed by atoms with Crippen molar-refractivity contribution in [3.63, 3.8) is 0 Å². The van der Waals surface area contributed by atoms with Gasteiger partial charge in [-0.2, -0.15) is 0 Å². The minimum absolute atomic E-state index is 0.387. The summed E-state index contributed by atoms with van der Waals surface area (Å²) < 4.78 is 0. The summed E-state index contributed by atoms with van der Waals surface area (Å²) in [5, 5.41) is 10.2. The van der Waals surface area contributed by atoms with E-state index in [1.807, 2.05) is 30.3 Å². The first-order valence-electron chi connectivity index (χ1n) is 7.15. The second-order valence-electron chi connectivity index (χ2n) is 5.59. The lowest BCUT2D eigenvalue weighted by molar-refractivity contribution is 0.175. The highest BCUT2D eigenvalue weighted by atomic mass is 16.3. The van der Waals surface area contributed by atoms with Gasteiger partial charge in [0.05, 0.1) is 6.10 Å². The van der Waals surface area contributed by atoms with Gasteiger partial charge in [-0.3, -0.25) is 0 Å². The minimum atomic E-state index is -0.387. The van der Waals surface area contributed by atoms with Gasteiger partial charge in [0.25, 0.3) is 0 Å². The Bertz CT molecular complexity index is 362. The van der Waals surface area contributed by atoms with E-state index in [1.165, 1.54) is 37.7 Å². The molecule has 1 unspecified atom stereocenters. The molecule has 0 aromatic heterocycles. The van der Waals surface area contributed by atoms with Crippen LogP contribution in [0.15, 0.2) is 42.5 Å². The second kappa shape index (κ2) is 6.75. The SMILES string of the molecule is C=C(CC1CCCCC1)CC(O)c1ccccc1. The van der Waals surface area contributed by atoms with E-state index in [9.17, 15) is 5.11 Å². The first-order valence-corrected chi connectivity index (χ1v) is 7.15. The van der Waals surface area contributed by atoms with Gasteiger partial charge in [-0.05, 0) is 24.3 Å². The van der Waals surface area contributed by atoms with Crippen LogP contribution in [0.3, 0.4) is 0 Å². The van der Waals surface area contributed by atoms with Crippen LogP contribution in [0, 0.1) is 5.92 Å². The molecular formula is C17H24O. The molecule has 1 saturated carbocycles. The minimum Gasteiger partial charge on any atom is -0.388 e. The van der Waals surface area contributed by atoms with E-state index in [4.69, 9.17) is 0 Å². The third-order valence-electron chi connectivity index (χ3n) is 3.97. The van der Waals surface area contributed by atoms with Crippen molar-refractivity contribution in [1.29, 1.82) is 0 Å². The molecule has 1 nitrogen and oxygen atoms in total. The van der Waals surface area contributed by atoms with Crippen LogP contribution in [-0.4, -0.2) is 5.11 Å². The second-order valence-corrected chi connectivity index (χ2v) is 5.59. The summed E-state index contributed by atoms with van der Waals surface area (Å²) in [4.78, 5) is 0. The third-order valence-corrected chi connectivity index (χ3v) is 3.97. The normalized spacial score (nSPS) is 18.5. The molecule has 0 heterocycles. The van der Waals surface area contributed by atoms with Crippen LogP contribution in [0.4, 0.5) is 0 Å². The van der Waals surface area contributed by atoms with E-state index in [1.54, 1.807) is 0 Å². The van der Waals surface area contributed by atoms with E-state index >= 15 is 0 Å². The summed E-state index contributed by atoms with van der Waals surface area (Å²) in [7, 11) is 0. The van der Waals surface area contributed by atoms with Gasteiger partial charge in [-0.15, -0.1) is 0 Å². The molecule has 0 amide bonds. The van der Waals surface area contributed by atoms with Crippen molar-refractivity contribution in [3.8, 4) is 0 Å². The standard InChI is InChI=1S/C17H24O/c1-14(12-15-8-4-2-5-9-15)13-17(18)16-10-6-3-7-11-16/h3,6-7,10-11,15,17-18H,1-2,4-5,8-9,12-13H2. The van der Waals surface area contributed by atoms with Crippen molar-refractivity contribution in [3.05, 3.63) is 48.0 Å². The van der Waals surface area contributed by atoms with Gasteiger partial charge in [0.1, 0.15) is 0 Å². The molecule has 18 heavy (non-hydrogen) atoms. The number of rotatable bonds is 5. The van der Waals surface area contributed by atoms with Crippen LogP contribution in [0.5, 0.6) is 0 Å². The largest absolute Gasteiger partial charge is 0.388 e. The van der Waals surface area contributed by atoms with E-state index in [0.717, 1.165) is 17.9 Å². The molecule has 1 heteroatoms. The first kappa shape index (κ1) is 13.4. The van der Waals surface area contributed by atoms with Crippen LogP contribution >= 0.6 is 0 Å². The Balaban J connectivity index is 1.80. The molecule has 1 atom stereocenters. The Hall–Kier alpha value is -1.08. The maximum Gasteiger partial charge on any atom is 0.0827 e. The van der Waals surface area contributed by atoms with Crippen LogP contribution in [0.25, 0.3) is 0 Å². The van der Waals surface area contributed by atoms with Crippen LogP contribution in [-0.2, 0) is 0 Å². The fourth-order valence-electron chi connectivity index (χ4n) is 2.95. The summed E-state index contributed by atoms with van der Waals surface area (Å²) in [6, 6.07) is 9.90. The van der Waals surface area contributed by atoms with Crippen molar-refractivity contribution in [2.24, 2.45) is 5.92 Å². The molecule has 1 aliphatic carbocycles. The number of aliphatic hydroxyl groups excluding tert-OH is 1. The molecule has 0 bridgehead atoms. The highest BCUT2D eigenvalue weighted by molar-refractivity contribution is 5.19. The molecule has 0 saturated heterocycles. The molecule has 0 spiro atoms. The highest BCUT2D eigenvalue weighted by Gasteiger charge is 2.16. The summed E-state index contributed by atoms with van der Waals surface area (Å²) in [5.74, 6) is 0.814. The molecule has 0 radical (unpaired) electrons. The van der Waals surface area contributed by atoms with Gasteiger partial charge >= 0.3 is 0 Å². The molecule has 1 aliphatic rings. The molecule has 1 aromatic rings. The first-order chi connectivity index (χ1) is 8.75. The zero-order chi connectivity index (χ0) is 12.8. The lowest BCUT2D eigenvalue weighted by Crippen LogP contribution is -2.08. The maximum atomic E-state index is 10.2. The maximum absolute atomic E-state index is 10.2. The Morgan fingerprint density at radius 3 is 2.50 bits per heavy atom. The fraction of sp³-hybridized carbons (Fsp3) is 0.529. The topological polar surface area (TPSA) is 20.2 Å². The van der Waals surface area contributed by atoms with E-state index in [0.29, 0.717) is 6.42 Å². The number of hydrogen-bond donors (Lipinski definition) is 1. The number of benzene rings is 1. The number of hydrogen-bond acceptors (Lipinski definition) is 1. The van der Waals surface area contributed by atoms with Crippen molar-refractivity contribution >= 4 is 0 Å². The molecular weight excluding hydrogens is 220 g/mol. The smallest absolute Gasteiger partial charge is 0.0827 e. The fourth-order valence-corrected chi connectivity index (χ4v) is 2.95. The molecule has 1 N–H and O–H groups in total. The van der Waals surface area contributed by atoms with Crippen molar-refractivity contribution in [1.82, 2.24) is 0 Å². The predicted molar refractivity (Wildman–Crippen MR) is 76.4 cm³/mol. The molecule has 2 rings (SSSR count). The van der Waals surface area contributed by atoms with Crippen LogP contribution in [0.2, 0.25) is 0 Å². The van der Waals surface area contributed by atoms with Crippen LogP contribution in [0.1, 0.15) is 56.6 Å². The molecule has 1 fully saturated rings. The van der Waals surface area contributed by atoms with Gasteiger partial charge < -0.3 is 5.11 Å². The summed E-state index contributed by atoms with van der Waals surface area (Å²) >= 11 is 0. The van der Waals surface area contributed by atoms with Gasteiger partial charge in [-0.25, -0.2) is 0 Å². The summed E-state index contributed by atoms with van der Waals surface area (Å²) in [6.45, 7) is 4.15. The Labute approximate surface area is 111 Å². The average molecular weight is 244 g/mol. The Morgan fingerprint density at radius 1 is 1.17 bits per heavy atom. The lowest BCUT2D eigenvalue weighted by atomic mass is 9.84.